The number of aromatic nitrogens is 2. The van der Waals surface area contributed by atoms with Crippen molar-refractivity contribution in [3.8, 4) is 0 Å². The molecule has 1 saturated heterocycles. The molecule has 3 rings (SSSR count). The second kappa shape index (κ2) is 10.5. The van der Waals surface area contributed by atoms with E-state index in [2.05, 4.69) is 20.2 Å². The monoisotopic (exact) mass is 433 g/mol. The van der Waals surface area contributed by atoms with Crippen molar-refractivity contribution in [1.29, 1.82) is 0 Å². The number of hydrogen-bond donors (Lipinski definition) is 1. The van der Waals surface area contributed by atoms with Gasteiger partial charge < -0.3 is 15.1 Å². The van der Waals surface area contributed by atoms with E-state index in [9.17, 15) is 9.59 Å². The summed E-state index contributed by atoms with van der Waals surface area (Å²) in [6.45, 7) is 5.08. The van der Waals surface area contributed by atoms with Gasteiger partial charge in [0.2, 0.25) is 11.8 Å². The molecule has 0 unspecified atom stereocenters. The Bertz CT molecular complexity index is 844. The second-order valence-electron chi connectivity index (χ2n) is 6.60. The van der Waals surface area contributed by atoms with Crippen molar-refractivity contribution in [2.45, 2.75) is 25.0 Å². The summed E-state index contributed by atoms with van der Waals surface area (Å²) >= 11 is 7.43. The minimum absolute atomic E-state index is 0.0873. The van der Waals surface area contributed by atoms with Crippen molar-refractivity contribution in [2.75, 3.05) is 36.8 Å². The average molecular weight is 434 g/mol. The highest BCUT2D eigenvalue weighted by atomic mass is 35.5. The summed E-state index contributed by atoms with van der Waals surface area (Å²) in [7, 11) is 0. The van der Waals surface area contributed by atoms with Crippen molar-refractivity contribution >= 4 is 41.0 Å². The molecule has 2 aromatic rings. The summed E-state index contributed by atoms with van der Waals surface area (Å²) in [5, 5.41) is 3.70. The molecule has 7 nitrogen and oxygen atoms in total. The van der Waals surface area contributed by atoms with Crippen LogP contribution in [0.3, 0.4) is 0 Å². The zero-order chi connectivity index (χ0) is 20.6. The topological polar surface area (TPSA) is 78.4 Å². The van der Waals surface area contributed by atoms with Crippen LogP contribution in [0, 0.1) is 0 Å². The van der Waals surface area contributed by atoms with Gasteiger partial charge in [0.15, 0.2) is 5.16 Å². The normalized spacial score (nSPS) is 14.0. The largest absolute Gasteiger partial charge is 0.353 e. The molecule has 29 heavy (non-hydrogen) atoms. The molecule has 1 aromatic heterocycles. The van der Waals surface area contributed by atoms with Crippen LogP contribution in [0.1, 0.15) is 18.9 Å². The first-order valence-corrected chi connectivity index (χ1v) is 10.9. The molecule has 1 aliphatic rings. The number of piperazine rings is 1. The Kier molecular flexibility index (Phi) is 7.71. The molecule has 1 N–H and O–H groups in total. The maximum atomic E-state index is 12.1. The number of anilines is 1. The first-order valence-electron chi connectivity index (χ1n) is 9.56. The SMILES string of the molecule is CCC(=O)N1CCN(c2cc(Cl)nc(SCC(=O)NCc3ccccc3)n2)CC1. The molecule has 0 radical (unpaired) electrons. The van der Waals surface area contributed by atoms with Crippen LogP contribution < -0.4 is 10.2 Å². The minimum atomic E-state index is -0.0873. The first-order chi connectivity index (χ1) is 14.0. The third-order valence-electron chi connectivity index (χ3n) is 4.58. The molecular weight excluding hydrogens is 410 g/mol. The molecule has 9 heteroatoms. The zero-order valence-electron chi connectivity index (χ0n) is 16.3. The van der Waals surface area contributed by atoms with E-state index < -0.39 is 0 Å². The highest BCUT2D eigenvalue weighted by Crippen LogP contribution is 2.23. The van der Waals surface area contributed by atoms with Crippen molar-refractivity contribution in [2.24, 2.45) is 0 Å². The number of benzene rings is 1. The van der Waals surface area contributed by atoms with E-state index >= 15 is 0 Å². The molecule has 0 spiro atoms. The maximum absolute atomic E-state index is 12.1. The van der Waals surface area contributed by atoms with Gasteiger partial charge >= 0.3 is 0 Å². The van der Waals surface area contributed by atoms with E-state index in [4.69, 9.17) is 11.6 Å². The third-order valence-corrected chi connectivity index (χ3v) is 5.63. The lowest BCUT2D eigenvalue weighted by molar-refractivity contribution is -0.131. The summed E-state index contributed by atoms with van der Waals surface area (Å²) < 4.78 is 0. The summed E-state index contributed by atoms with van der Waals surface area (Å²) in [5.74, 6) is 1.02. The number of nitrogens with one attached hydrogen (secondary N) is 1. The van der Waals surface area contributed by atoms with Crippen LogP contribution in [-0.4, -0.2) is 58.6 Å². The van der Waals surface area contributed by atoms with Crippen LogP contribution in [0.5, 0.6) is 0 Å². The highest BCUT2D eigenvalue weighted by molar-refractivity contribution is 7.99. The van der Waals surface area contributed by atoms with Crippen LogP contribution in [0.4, 0.5) is 5.82 Å². The molecule has 2 heterocycles. The van der Waals surface area contributed by atoms with Gasteiger partial charge in [-0.05, 0) is 5.56 Å². The van der Waals surface area contributed by atoms with Crippen LogP contribution >= 0.6 is 23.4 Å². The zero-order valence-corrected chi connectivity index (χ0v) is 17.9. The molecule has 2 amide bonds. The number of rotatable bonds is 7. The summed E-state index contributed by atoms with van der Waals surface area (Å²) in [5.41, 5.74) is 1.05. The van der Waals surface area contributed by atoms with Crippen LogP contribution in [0.15, 0.2) is 41.6 Å². The fourth-order valence-electron chi connectivity index (χ4n) is 3.00. The molecular formula is C20H24ClN5O2S. The lowest BCUT2D eigenvalue weighted by Gasteiger charge is -2.35. The summed E-state index contributed by atoms with van der Waals surface area (Å²) in [4.78, 5) is 36.7. The second-order valence-corrected chi connectivity index (χ2v) is 7.93. The lowest BCUT2D eigenvalue weighted by atomic mass is 10.2. The lowest BCUT2D eigenvalue weighted by Crippen LogP contribution is -2.48. The van der Waals surface area contributed by atoms with E-state index in [0.29, 0.717) is 49.5 Å². The van der Waals surface area contributed by atoms with Gasteiger partial charge in [-0.2, -0.15) is 0 Å². The Morgan fingerprint density at radius 2 is 1.86 bits per heavy atom. The van der Waals surface area contributed by atoms with E-state index in [1.54, 1.807) is 6.07 Å². The molecule has 1 aromatic carbocycles. The fourth-order valence-corrected chi connectivity index (χ4v) is 3.91. The van der Waals surface area contributed by atoms with Gasteiger partial charge in [-0.25, -0.2) is 9.97 Å². The van der Waals surface area contributed by atoms with Crippen molar-refractivity contribution < 1.29 is 9.59 Å². The standard InChI is InChI=1S/C20H24ClN5O2S/c1-2-19(28)26-10-8-25(9-11-26)17-12-16(21)23-20(24-17)29-14-18(27)22-13-15-6-4-3-5-7-15/h3-7,12H,2,8-11,13-14H2,1H3,(H,22,27). The average Bonchev–Trinajstić information content (AvgIpc) is 2.76. The molecule has 0 atom stereocenters. The van der Waals surface area contributed by atoms with Crippen LogP contribution in [0.2, 0.25) is 5.15 Å². The number of halogens is 1. The highest BCUT2D eigenvalue weighted by Gasteiger charge is 2.21. The molecule has 0 bridgehead atoms. The number of thioether (sulfide) groups is 1. The van der Waals surface area contributed by atoms with Gasteiger partial charge in [0.25, 0.3) is 0 Å². The maximum Gasteiger partial charge on any atom is 0.230 e. The number of hydrogen-bond acceptors (Lipinski definition) is 6. The van der Waals surface area contributed by atoms with Crippen molar-refractivity contribution in [1.82, 2.24) is 20.2 Å². The quantitative estimate of drug-likeness (QED) is 0.411. The summed E-state index contributed by atoms with van der Waals surface area (Å²) in [6, 6.07) is 11.5. The Balaban J connectivity index is 1.52. The van der Waals surface area contributed by atoms with Gasteiger partial charge in [0, 0.05) is 45.2 Å². The number of amides is 2. The van der Waals surface area contributed by atoms with Crippen molar-refractivity contribution in [3.05, 3.63) is 47.1 Å². The van der Waals surface area contributed by atoms with E-state index in [1.165, 1.54) is 11.8 Å². The smallest absolute Gasteiger partial charge is 0.230 e. The Hall–Kier alpha value is -2.32. The van der Waals surface area contributed by atoms with Gasteiger partial charge in [0.05, 0.1) is 5.75 Å². The van der Waals surface area contributed by atoms with E-state index in [-0.39, 0.29) is 17.6 Å². The molecule has 0 aliphatic carbocycles. The van der Waals surface area contributed by atoms with E-state index in [1.807, 2.05) is 42.2 Å². The number of carbonyl (C=O) groups excluding carboxylic acids is 2. The number of nitrogens with zero attached hydrogens (tertiary/aromatic N) is 4. The van der Waals surface area contributed by atoms with Gasteiger partial charge in [0.1, 0.15) is 11.0 Å². The molecule has 0 saturated carbocycles. The summed E-state index contributed by atoms with van der Waals surface area (Å²) in [6.07, 6.45) is 0.520. The van der Waals surface area contributed by atoms with Gasteiger partial charge in [-0.1, -0.05) is 60.6 Å². The van der Waals surface area contributed by atoms with Crippen molar-refractivity contribution in [3.63, 3.8) is 0 Å². The number of carbonyl (C=O) groups is 2. The molecule has 1 aliphatic heterocycles. The van der Waals surface area contributed by atoms with E-state index in [0.717, 1.165) is 11.4 Å². The Morgan fingerprint density at radius 3 is 2.55 bits per heavy atom. The Morgan fingerprint density at radius 1 is 1.14 bits per heavy atom. The molecule has 154 valence electrons. The third kappa shape index (κ3) is 6.33. The van der Waals surface area contributed by atoms with Crippen LogP contribution in [-0.2, 0) is 16.1 Å². The minimum Gasteiger partial charge on any atom is -0.353 e. The van der Waals surface area contributed by atoms with Crippen LogP contribution in [0.25, 0.3) is 0 Å². The first kappa shape index (κ1) is 21.4. The Labute approximate surface area is 179 Å². The van der Waals surface area contributed by atoms with Gasteiger partial charge in [-0.15, -0.1) is 0 Å². The fraction of sp³-hybridized carbons (Fsp3) is 0.400. The van der Waals surface area contributed by atoms with Gasteiger partial charge in [-0.3, -0.25) is 9.59 Å². The molecule has 1 fully saturated rings. The predicted octanol–water partition coefficient (Wildman–Crippen LogP) is 2.60. The predicted molar refractivity (Wildman–Crippen MR) is 115 cm³/mol.